The lowest BCUT2D eigenvalue weighted by Crippen LogP contribution is -2.20. The Hall–Kier alpha value is -1.31. The lowest BCUT2D eigenvalue weighted by molar-refractivity contribution is -0.118. The minimum absolute atomic E-state index is 0.0867. The highest BCUT2D eigenvalue weighted by molar-refractivity contribution is 8.01. The molecular formula is C16H20ClN3O2S2. The van der Waals surface area contributed by atoms with Gasteiger partial charge in [-0.25, -0.2) is 0 Å². The molecule has 0 radical (unpaired) electrons. The highest BCUT2D eigenvalue weighted by Crippen LogP contribution is 2.32. The number of aromatic nitrogens is 2. The number of ether oxygens (including phenoxy) is 1. The summed E-state index contributed by atoms with van der Waals surface area (Å²) in [6, 6.07) is 3.76. The van der Waals surface area contributed by atoms with E-state index in [4.69, 9.17) is 16.3 Å². The molecule has 1 heterocycles. The van der Waals surface area contributed by atoms with Gasteiger partial charge in [0, 0.05) is 5.02 Å². The normalized spacial score (nSPS) is 10.9. The van der Waals surface area contributed by atoms with Crippen molar-refractivity contribution in [1.82, 2.24) is 10.2 Å². The summed E-state index contributed by atoms with van der Waals surface area (Å²) in [5.74, 6) is 1.58. The van der Waals surface area contributed by atoms with Crippen molar-refractivity contribution in [2.45, 2.75) is 38.0 Å². The molecule has 2 rings (SSSR count). The SMILES string of the molecule is CCSc1nnc(NC(=O)COc2cc(C)c(Cl)cc2C(C)C)s1. The summed E-state index contributed by atoms with van der Waals surface area (Å²) in [5, 5.41) is 11.8. The topological polar surface area (TPSA) is 64.1 Å². The minimum Gasteiger partial charge on any atom is -0.483 e. The van der Waals surface area contributed by atoms with Gasteiger partial charge in [-0.05, 0) is 41.9 Å². The Morgan fingerprint density at radius 3 is 2.83 bits per heavy atom. The third-order valence-corrected chi connectivity index (χ3v) is 5.45. The van der Waals surface area contributed by atoms with Gasteiger partial charge in [0.2, 0.25) is 5.13 Å². The molecule has 0 unspecified atom stereocenters. The summed E-state index contributed by atoms with van der Waals surface area (Å²) in [6.45, 7) is 7.98. The van der Waals surface area contributed by atoms with Crippen molar-refractivity contribution in [3.63, 3.8) is 0 Å². The first-order valence-electron chi connectivity index (χ1n) is 7.59. The van der Waals surface area contributed by atoms with E-state index in [0.717, 1.165) is 21.2 Å². The molecule has 0 aliphatic heterocycles. The van der Waals surface area contributed by atoms with Crippen LogP contribution >= 0.6 is 34.7 Å². The summed E-state index contributed by atoms with van der Waals surface area (Å²) in [7, 11) is 0. The van der Waals surface area contributed by atoms with E-state index in [0.29, 0.717) is 15.9 Å². The van der Waals surface area contributed by atoms with Crippen LogP contribution in [0.5, 0.6) is 5.75 Å². The number of carbonyl (C=O) groups excluding carboxylic acids is 1. The standard InChI is InChI=1S/C16H20ClN3O2S2/c1-5-23-16-20-19-15(24-16)18-14(21)8-22-13-6-10(4)12(17)7-11(13)9(2)3/h6-7,9H,5,8H2,1-4H3,(H,18,19,21). The summed E-state index contributed by atoms with van der Waals surface area (Å²) >= 11 is 9.12. The summed E-state index contributed by atoms with van der Waals surface area (Å²) in [6.07, 6.45) is 0. The zero-order valence-electron chi connectivity index (χ0n) is 14.1. The molecule has 0 bridgehead atoms. The molecule has 0 fully saturated rings. The molecule has 8 heteroatoms. The highest BCUT2D eigenvalue weighted by atomic mass is 35.5. The average molecular weight is 386 g/mol. The van der Waals surface area contributed by atoms with Crippen LogP contribution in [-0.2, 0) is 4.79 Å². The van der Waals surface area contributed by atoms with E-state index in [1.54, 1.807) is 11.8 Å². The number of carbonyl (C=O) groups is 1. The number of halogens is 1. The first kappa shape index (κ1) is 19.0. The molecule has 0 saturated carbocycles. The second-order valence-electron chi connectivity index (χ2n) is 5.44. The molecule has 2 aromatic rings. The quantitative estimate of drug-likeness (QED) is 0.550. The third-order valence-electron chi connectivity index (χ3n) is 3.19. The van der Waals surface area contributed by atoms with Crippen molar-refractivity contribution in [3.05, 3.63) is 28.3 Å². The number of thioether (sulfide) groups is 1. The largest absolute Gasteiger partial charge is 0.483 e. The molecule has 0 spiro atoms. The van der Waals surface area contributed by atoms with Crippen LogP contribution < -0.4 is 10.1 Å². The smallest absolute Gasteiger partial charge is 0.264 e. The molecular weight excluding hydrogens is 366 g/mol. The van der Waals surface area contributed by atoms with Crippen molar-refractivity contribution < 1.29 is 9.53 Å². The number of nitrogens with zero attached hydrogens (tertiary/aromatic N) is 2. The molecule has 0 aliphatic rings. The number of hydrogen-bond acceptors (Lipinski definition) is 6. The lowest BCUT2D eigenvalue weighted by Gasteiger charge is -2.15. The molecule has 0 saturated heterocycles. The van der Waals surface area contributed by atoms with Gasteiger partial charge in [-0.15, -0.1) is 10.2 Å². The van der Waals surface area contributed by atoms with E-state index in [2.05, 4.69) is 29.4 Å². The van der Waals surface area contributed by atoms with Crippen molar-refractivity contribution >= 4 is 45.7 Å². The molecule has 0 aliphatic carbocycles. The number of amides is 1. The third kappa shape index (κ3) is 5.09. The van der Waals surface area contributed by atoms with E-state index < -0.39 is 0 Å². The zero-order chi connectivity index (χ0) is 17.7. The fourth-order valence-electron chi connectivity index (χ4n) is 1.99. The van der Waals surface area contributed by atoms with Crippen LogP contribution in [0.25, 0.3) is 0 Å². The molecule has 0 atom stereocenters. The van der Waals surface area contributed by atoms with Crippen LogP contribution in [0.2, 0.25) is 5.02 Å². The van der Waals surface area contributed by atoms with Crippen molar-refractivity contribution in [3.8, 4) is 5.75 Å². The number of nitrogens with one attached hydrogen (secondary N) is 1. The second kappa shape index (κ2) is 8.69. The van der Waals surface area contributed by atoms with Crippen LogP contribution in [0.3, 0.4) is 0 Å². The Bertz CT molecular complexity index is 719. The van der Waals surface area contributed by atoms with Gasteiger partial charge in [0.1, 0.15) is 5.75 Å². The molecule has 1 aromatic heterocycles. The molecule has 1 amide bonds. The van der Waals surface area contributed by atoms with E-state index in [-0.39, 0.29) is 18.4 Å². The Morgan fingerprint density at radius 1 is 1.42 bits per heavy atom. The second-order valence-corrected chi connectivity index (χ2v) is 8.33. The Morgan fingerprint density at radius 2 is 2.17 bits per heavy atom. The summed E-state index contributed by atoms with van der Waals surface area (Å²) in [5.41, 5.74) is 1.90. The molecule has 1 aromatic carbocycles. The molecule has 130 valence electrons. The van der Waals surface area contributed by atoms with Gasteiger partial charge in [-0.2, -0.15) is 0 Å². The van der Waals surface area contributed by atoms with Crippen molar-refractivity contribution in [2.24, 2.45) is 0 Å². The molecule has 5 nitrogen and oxygen atoms in total. The van der Waals surface area contributed by atoms with Gasteiger partial charge >= 0.3 is 0 Å². The molecule has 1 N–H and O–H groups in total. The number of rotatable bonds is 7. The first-order valence-corrected chi connectivity index (χ1v) is 9.77. The summed E-state index contributed by atoms with van der Waals surface area (Å²) < 4.78 is 6.54. The number of anilines is 1. The molecule has 24 heavy (non-hydrogen) atoms. The van der Waals surface area contributed by atoms with E-state index >= 15 is 0 Å². The van der Waals surface area contributed by atoms with Gasteiger partial charge < -0.3 is 4.74 Å². The van der Waals surface area contributed by atoms with Crippen LogP contribution in [-0.4, -0.2) is 28.5 Å². The Kier molecular flexibility index (Phi) is 6.89. The van der Waals surface area contributed by atoms with Crippen molar-refractivity contribution in [1.29, 1.82) is 0 Å². The fraction of sp³-hybridized carbons (Fsp3) is 0.438. The fourth-order valence-corrected chi connectivity index (χ4v) is 3.82. The van der Waals surface area contributed by atoms with Gasteiger partial charge in [0.25, 0.3) is 5.91 Å². The predicted molar refractivity (Wildman–Crippen MR) is 101 cm³/mol. The first-order chi connectivity index (χ1) is 11.4. The zero-order valence-corrected chi connectivity index (χ0v) is 16.4. The van der Waals surface area contributed by atoms with E-state index in [1.807, 2.05) is 26.0 Å². The number of aryl methyl sites for hydroxylation is 1. The maximum atomic E-state index is 12.1. The maximum Gasteiger partial charge on any atom is 0.264 e. The van der Waals surface area contributed by atoms with E-state index in [1.165, 1.54) is 11.3 Å². The number of benzene rings is 1. The van der Waals surface area contributed by atoms with Crippen LogP contribution in [0.1, 0.15) is 37.8 Å². The van der Waals surface area contributed by atoms with E-state index in [9.17, 15) is 4.79 Å². The minimum atomic E-state index is -0.262. The van der Waals surface area contributed by atoms with Gasteiger partial charge in [0.05, 0.1) is 0 Å². The van der Waals surface area contributed by atoms with Crippen LogP contribution in [0.4, 0.5) is 5.13 Å². The Labute approximate surface area is 155 Å². The summed E-state index contributed by atoms with van der Waals surface area (Å²) in [4.78, 5) is 12.1. The van der Waals surface area contributed by atoms with Gasteiger partial charge in [-0.1, -0.05) is 55.5 Å². The van der Waals surface area contributed by atoms with Gasteiger partial charge in [-0.3, -0.25) is 10.1 Å². The Balaban J connectivity index is 1.99. The average Bonchev–Trinajstić information content (AvgIpc) is 2.95. The number of hydrogen-bond donors (Lipinski definition) is 1. The predicted octanol–water partition coefficient (Wildman–Crippen LogP) is 4.75. The lowest BCUT2D eigenvalue weighted by atomic mass is 10.0. The van der Waals surface area contributed by atoms with Crippen molar-refractivity contribution in [2.75, 3.05) is 17.7 Å². The monoisotopic (exact) mass is 385 g/mol. The maximum absolute atomic E-state index is 12.1. The highest BCUT2D eigenvalue weighted by Gasteiger charge is 2.14. The van der Waals surface area contributed by atoms with Gasteiger partial charge in [0.15, 0.2) is 10.9 Å². The van der Waals surface area contributed by atoms with Crippen LogP contribution in [0, 0.1) is 6.92 Å². The van der Waals surface area contributed by atoms with Crippen LogP contribution in [0.15, 0.2) is 16.5 Å².